The molecule has 0 aliphatic carbocycles. The Morgan fingerprint density at radius 1 is 1.39 bits per heavy atom. The summed E-state index contributed by atoms with van der Waals surface area (Å²) >= 11 is 2.03. The molecule has 2 saturated heterocycles. The van der Waals surface area contributed by atoms with Crippen LogP contribution in [-0.4, -0.2) is 61.1 Å². The van der Waals surface area contributed by atoms with Crippen molar-refractivity contribution in [3.63, 3.8) is 0 Å². The molecule has 0 radical (unpaired) electrons. The SMILES string of the molecule is CC(C(=O)NCC1CCSCC1)N1CCNCC1. The van der Waals surface area contributed by atoms with Crippen molar-refractivity contribution in [2.45, 2.75) is 25.8 Å². The first-order valence-electron chi connectivity index (χ1n) is 7.07. The number of hydrogen-bond acceptors (Lipinski definition) is 4. The van der Waals surface area contributed by atoms with Crippen LogP contribution in [0, 0.1) is 5.92 Å². The quantitative estimate of drug-likeness (QED) is 0.783. The average Bonchev–Trinajstić information content (AvgIpc) is 2.46. The van der Waals surface area contributed by atoms with Gasteiger partial charge >= 0.3 is 0 Å². The van der Waals surface area contributed by atoms with Crippen molar-refractivity contribution in [3.05, 3.63) is 0 Å². The van der Waals surface area contributed by atoms with Gasteiger partial charge in [0.15, 0.2) is 0 Å². The highest BCUT2D eigenvalue weighted by Crippen LogP contribution is 2.21. The Bertz CT molecular complexity index is 263. The van der Waals surface area contributed by atoms with Gasteiger partial charge in [0.1, 0.15) is 0 Å². The molecule has 0 saturated carbocycles. The molecule has 2 heterocycles. The number of piperazine rings is 1. The third-order valence-corrected chi connectivity index (χ3v) is 5.03. The number of thioether (sulfide) groups is 1. The molecule has 18 heavy (non-hydrogen) atoms. The molecule has 104 valence electrons. The fourth-order valence-corrected chi connectivity index (χ4v) is 3.78. The maximum absolute atomic E-state index is 12.1. The summed E-state index contributed by atoms with van der Waals surface area (Å²) in [4.78, 5) is 14.4. The smallest absolute Gasteiger partial charge is 0.237 e. The van der Waals surface area contributed by atoms with E-state index >= 15 is 0 Å². The van der Waals surface area contributed by atoms with E-state index in [0.29, 0.717) is 5.92 Å². The normalized spacial score (nSPS) is 24.7. The summed E-state index contributed by atoms with van der Waals surface area (Å²) < 4.78 is 0. The van der Waals surface area contributed by atoms with Gasteiger partial charge in [-0.25, -0.2) is 0 Å². The van der Waals surface area contributed by atoms with Crippen LogP contribution >= 0.6 is 11.8 Å². The number of rotatable bonds is 4. The first kappa shape index (κ1) is 14.2. The summed E-state index contributed by atoms with van der Waals surface area (Å²) in [7, 11) is 0. The minimum atomic E-state index is 0.0186. The first-order valence-corrected chi connectivity index (χ1v) is 8.23. The van der Waals surface area contributed by atoms with Crippen LogP contribution < -0.4 is 10.6 Å². The first-order chi connectivity index (χ1) is 8.77. The van der Waals surface area contributed by atoms with Gasteiger partial charge in [0.2, 0.25) is 5.91 Å². The molecule has 0 aromatic carbocycles. The largest absolute Gasteiger partial charge is 0.354 e. The molecule has 1 atom stereocenters. The molecule has 0 spiro atoms. The zero-order valence-corrected chi connectivity index (χ0v) is 12.1. The molecule has 1 amide bonds. The van der Waals surface area contributed by atoms with Crippen LogP contribution in [0.25, 0.3) is 0 Å². The Morgan fingerprint density at radius 2 is 2.06 bits per heavy atom. The van der Waals surface area contributed by atoms with Crippen LogP contribution in [0.3, 0.4) is 0 Å². The number of nitrogens with zero attached hydrogens (tertiary/aromatic N) is 1. The summed E-state index contributed by atoms with van der Waals surface area (Å²) in [6, 6.07) is 0.0186. The zero-order chi connectivity index (χ0) is 12.8. The average molecular weight is 271 g/mol. The van der Waals surface area contributed by atoms with Crippen LogP contribution in [0.2, 0.25) is 0 Å². The van der Waals surface area contributed by atoms with Crippen LogP contribution in [0.15, 0.2) is 0 Å². The van der Waals surface area contributed by atoms with Gasteiger partial charge in [0.05, 0.1) is 6.04 Å². The third-order valence-electron chi connectivity index (χ3n) is 3.98. The van der Waals surface area contributed by atoms with Gasteiger partial charge in [0, 0.05) is 32.7 Å². The molecule has 4 nitrogen and oxygen atoms in total. The summed E-state index contributed by atoms with van der Waals surface area (Å²) in [5.41, 5.74) is 0. The lowest BCUT2D eigenvalue weighted by Gasteiger charge is -2.32. The minimum absolute atomic E-state index is 0.0186. The van der Waals surface area contributed by atoms with E-state index in [1.165, 1.54) is 24.3 Å². The zero-order valence-electron chi connectivity index (χ0n) is 11.3. The van der Waals surface area contributed by atoms with E-state index in [1.807, 2.05) is 18.7 Å². The minimum Gasteiger partial charge on any atom is -0.354 e. The molecule has 0 aromatic heterocycles. The molecule has 0 bridgehead atoms. The second-order valence-electron chi connectivity index (χ2n) is 5.26. The predicted octanol–water partition coefficient (Wildman–Crippen LogP) is 0.540. The monoisotopic (exact) mass is 271 g/mol. The summed E-state index contributed by atoms with van der Waals surface area (Å²) in [5.74, 6) is 3.42. The van der Waals surface area contributed by atoms with Crippen molar-refractivity contribution in [1.82, 2.24) is 15.5 Å². The Morgan fingerprint density at radius 3 is 2.72 bits per heavy atom. The van der Waals surface area contributed by atoms with Gasteiger partial charge in [-0.3, -0.25) is 9.69 Å². The van der Waals surface area contributed by atoms with E-state index in [-0.39, 0.29) is 11.9 Å². The van der Waals surface area contributed by atoms with E-state index in [2.05, 4.69) is 15.5 Å². The van der Waals surface area contributed by atoms with E-state index in [4.69, 9.17) is 0 Å². The molecular weight excluding hydrogens is 246 g/mol. The molecule has 2 aliphatic rings. The molecule has 1 unspecified atom stereocenters. The Balaban J connectivity index is 1.69. The van der Waals surface area contributed by atoms with Crippen molar-refractivity contribution in [2.75, 3.05) is 44.2 Å². The fraction of sp³-hybridized carbons (Fsp3) is 0.923. The standard InChI is InChI=1S/C13H25N3OS/c1-11(16-6-4-14-5-7-16)13(17)15-10-12-2-8-18-9-3-12/h11-12,14H,2-10H2,1H3,(H,15,17). The highest BCUT2D eigenvalue weighted by molar-refractivity contribution is 7.99. The Hall–Kier alpha value is -0.260. The van der Waals surface area contributed by atoms with Crippen LogP contribution in [0.5, 0.6) is 0 Å². The molecule has 5 heteroatoms. The number of carbonyl (C=O) groups excluding carboxylic acids is 1. The second-order valence-corrected chi connectivity index (χ2v) is 6.49. The highest BCUT2D eigenvalue weighted by Gasteiger charge is 2.23. The highest BCUT2D eigenvalue weighted by atomic mass is 32.2. The molecular formula is C13H25N3OS. The van der Waals surface area contributed by atoms with Crippen LogP contribution in [-0.2, 0) is 4.79 Å². The van der Waals surface area contributed by atoms with Crippen molar-refractivity contribution < 1.29 is 4.79 Å². The second kappa shape index (κ2) is 7.36. The lowest BCUT2D eigenvalue weighted by Crippen LogP contribution is -2.53. The van der Waals surface area contributed by atoms with E-state index in [0.717, 1.165) is 32.7 Å². The van der Waals surface area contributed by atoms with Crippen molar-refractivity contribution in [3.8, 4) is 0 Å². The van der Waals surface area contributed by atoms with Gasteiger partial charge in [-0.1, -0.05) is 0 Å². The van der Waals surface area contributed by atoms with Crippen molar-refractivity contribution in [1.29, 1.82) is 0 Å². The van der Waals surface area contributed by atoms with Crippen molar-refractivity contribution in [2.24, 2.45) is 5.92 Å². The molecule has 2 fully saturated rings. The lowest BCUT2D eigenvalue weighted by atomic mass is 10.0. The number of hydrogen-bond donors (Lipinski definition) is 2. The van der Waals surface area contributed by atoms with E-state index < -0.39 is 0 Å². The molecule has 2 rings (SSSR count). The number of carbonyl (C=O) groups is 1. The van der Waals surface area contributed by atoms with Gasteiger partial charge in [-0.2, -0.15) is 11.8 Å². The summed E-state index contributed by atoms with van der Waals surface area (Å²) in [6.45, 7) is 6.85. The summed E-state index contributed by atoms with van der Waals surface area (Å²) in [5, 5.41) is 6.46. The Labute approximate surface area is 114 Å². The topological polar surface area (TPSA) is 44.4 Å². The van der Waals surface area contributed by atoms with Gasteiger partial charge in [-0.05, 0) is 37.2 Å². The van der Waals surface area contributed by atoms with Gasteiger partial charge < -0.3 is 10.6 Å². The fourth-order valence-electron chi connectivity index (χ4n) is 2.58. The number of nitrogens with one attached hydrogen (secondary N) is 2. The molecule has 2 aliphatic heterocycles. The lowest BCUT2D eigenvalue weighted by molar-refractivity contribution is -0.126. The predicted molar refractivity (Wildman–Crippen MR) is 77.0 cm³/mol. The number of amides is 1. The molecule has 0 aromatic rings. The maximum atomic E-state index is 12.1. The van der Waals surface area contributed by atoms with Gasteiger partial charge in [0.25, 0.3) is 0 Å². The van der Waals surface area contributed by atoms with Crippen LogP contribution in [0.1, 0.15) is 19.8 Å². The molecule has 2 N–H and O–H groups in total. The summed E-state index contributed by atoms with van der Waals surface area (Å²) in [6.07, 6.45) is 2.51. The third kappa shape index (κ3) is 4.14. The van der Waals surface area contributed by atoms with Gasteiger partial charge in [-0.15, -0.1) is 0 Å². The maximum Gasteiger partial charge on any atom is 0.237 e. The van der Waals surface area contributed by atoms with E-state index in [1.54, 1.807) is 0 Å². The van der Waals surface area contributed by atoms with E-state index in [9.17, 15) is 4.79 Å². The Kier molecular flexibility index (Phi) is 5.79. The van der Waals surface area contributed by atoms with Crippen LogP contribution in [0.4, 0.5) is 0 Å². The van der Waals surface area contributed by atoms with Crippen molar-refractivity contribution >= 4 is 17.7 Å².